The summed E-state index contributed by atoms with van der Waals surface area (Å²) in [5.74, 6) is 1.10. The van der Waals surface area contributed by atoms with Crippen LogP contribution in [-0.4, -0.2) is 17.7 Å². The molecule has 0 radical (unpaired) electrons. The predicted octanol–water partition coefficient (Wildman–Crippen LogP) is 5.09. The highest BCUT2D eigenvalue weighted by atomic mass is 19.4. The first-order valence-corrected chi connectivity index (χ1v) is 8.04. The molecular weight excluding hydrogens is 363 g/mol. The van der Waals surface area contributed by atoms with Crippen LogP contribution in [0.1, 0.15) is 25.0 Å². The van der Waals surface area contributed by atoms with Gasteiger partial charge in [0.25, 0.3) is 5.69 Å². The van der Waals surface area contributed by atoms with E-state index in [1.807, 2.05) is 13.8 Å². The summed E-state index contributed by atoms with van der Waals surface area (Å²) in [5.41, 5.74) is 1.15. The first kappa shape index (κ1) is 20.2. The number of alkyl halides is 3. The van der Waals surface area contributed by atoms with Crippen LogP contribution in [0.2, 0.25) is 0 Å². The van der Waals surface area contributed by atoms with Crippen LogP contribution in [0.5, 0.6) is 5.75 Å². The van der Waals surface area contributed by atoms with E-state index in [0.29, 0.717) is 29.9 Å². The molecule has 2 aromatic rings. The van der Waals surface area contributed by atoms with Gasteiger partial charge in [-0.15, -0.1) is 0 Å². The van der Waals surface area contributed by atoms with Crippen molar-refractivity contribution < 1.29 is 22.8 Å². The Bertz CT molecular complexity index is 819. The SMILES string of the molecule is CC(C)COc1ccc(/C=N\Nc2ccc(C(F)(F)F)cc2[N+](=O)[O-])cc1. The molecule has 144 valence electrons. The van der Waals surface area contributed by atoms with Crippen molar-refractivity contribution in [1.29, 1.82) is 0 Å². The number of ether oxygens (including phenoxy) is 1. The minimum atomic E-state index is -4.66. The van der Waals surface area contributed by atoms with Crippen LogP contribution >= 0.6 is 0 Å². The van der Waals surface area contributed by atoms with E-state index in [-0.39, 0.29) is 5.69 Å². The molecule has 0 spiro atoms. The molecule has 0 unspecified atom stereocenters. The third kappa shape index (κ3) is 5.98. The van der Waals surface area contributed by atoms with Gasteiger partial charge in [-0.1, -0.05) is 13.8 Å². The summed E-state index contributed by atoms with van der Waals surface area (Å²) < 4.78 is 43.6. The normalized spacial score (nSPS) is 11.8. The van der Waals surface area contributed by atoms with Gasteiger partial charge in [-0.2, -0.15) is 18.3 Å². The van der Waals surface area contributed by atoms with E-state index in [1.54, 1.807) is 24.3 Å². The van der Waals surface area contributed by atoms with Gasteiger partial charge in [-0.05, 0) is 47.9 Å². The molecule has 0 aromatic heterocycles. The van der Waals surface area contributed by atoms with E-state index in [0.717, 1.165) is 12.1 Å². The number of halogens is 3. The zero-order valence-corrected chi connectivity index (χ0v) is 14.7. The zero-order chi connectivity index (χ0) is 20.0. The summed E-state index contributed by atoms with van der Waals surface area (Å²) in [6, 6.07) is 9.18. The second-order valence-corrected chi connectivity index (χ2v) is 6.13. The maximum Gasteiger partial charge on any atom is 0.416 e. The van der Waals surface area contributed by atoms with E-state index < -0.39 is 22.4 Å². The smallest absolute Gasteiger partial charge is 0.416 e. The van der Waals surface area contributed by atoms with Crippen LogP contribution in [0.4, 0.5) is 24.5 Å². The minimum absolute atomic E-state index is 0.138. The van der Waals surface area contributed by atoms with Crippen LogP contribution in [-0.2, 0) is 6.18 Å². The highest BCUT2D eigenvalue weighted by Gasteiger charge is 2.33. The maximum absolute atomic E-state index is 12.7. The summed E-state index contributed by atoms with van der Waals surface area (Å²) in [6.07, 6.45) is -3.26. The molecule has 9 heteroatoms. The van der Waals surface area contributed by atoms with Gasteiger partial charge in [0.15, 0.2) is 0 Å². The Hall–Kier alpha value is -3.10. The number of hydrogen-bond donors (Lipinski definition) is 1. The number of anilines is 1. The number of nitrogens with zero attached hydrogens (tertiary/aromatic N) is 2. The molecular formula is C18H18F3N3O3. The fourth-order valence-electron chi connectivity index (χ4n) is 2.04. The summed E-state index contributed by atoms with van der Waals surface area (Å²) in [7, 11) is 0. The lowest BCUT2D eigenvalue weighted by Crippen LogP contribution is -2.06. The molecule has 0 saturated carbocycles. The lowest BCUT2D eigenvalue weighted by atomic mass is 10.1. The summed E-state index contributed by atoms with van der Waals surface area (Å²) >= 11 is 0. The Balaban J connectivity index is 2.08. The Morgan fingerprint density at radius 2 is 1.89 bits per heavy atom. The highest BCUT2D eigenvalue weighted by Crippen LogP contribution is 2.34. The number of benzene rings is 2. The van der Waals surface area contributed by atoms with Gasteiger partial charge in [0, 0.05) is 6.07 Å². The maximum atomic E-state index is 12.7. The summed E-state index contributed by atoms with van der Waals surface area (Å²) in [5, 5.41) is 14.9. The third-order valence-electron chi connectivity index (χ3n) is 3.38. The monoisotopic (exact) mass is 381 g/mol. The van der Waals surface area contributed by atoms with Gasteiger partial charge in [0.2, 0.25) is 0 Å². The van der Waals surface area contributed by atoms with Crippen molar-refractivity contribution in [1.82, 2.24) is 0 Å². The van der Waals surface area contributed by atoms with E-state index in [4.69, 9.17) is 4.74 Å². The average molecular weight is 381 g/mol. The van der Waals surface area contributed by atoms with Crippen molar-refractivity contribution in [3.63, 3.8) is 0 Å². The first-order valence-electron chi connectivity index (χ1n) is 8.04. The number of hydrogen-bond acceptors (Lipinski definition) is 5. The molecule has 0 fully saturated rings. The van der Waals surface area contributed by atoms with Crippen molar-refractivity contribution >= 4 is 17.6 Å². The van der Waals surface area contributed by atoms with E-state index in [9.17, 15) is 23.3 Å². The number of hydrazone groups is 1. The molecule has 0 aliphatic heterocycles. The Kier molecular flexibility index (Phi) is 6.38. The van der Waals surface area contributed by atoms with Crippen LogP contribution in [0.3, 0.4) is 0 Å². The highest BCUT2D eigenvalue weighted by molar-refractivity contribution is 5.80. The Morgan fingerprint density at radius 1 is 1.22 bits per heavy atom. The molecule has 2 aromatic carbocycles. The number of nitrogens with one attached hydrogen (secondary N) is 1. The molecule has 0 saturated heterocycles. The third-order valence-corrected chi connectivity index (χ3v) is 3.38. The average Bonchev–Trinajstić information content (AvgIpc) is 2.60. The van der Waals surface area contributed by atoms with Gasteiger partial charge < -0.3 is 4.74 Å². The number of rotatable bonds is 7. The quantitative estimate of drug-likeness (QED) is 0.411. The fourth-order valence-corrected chi connectivity index (χ4v) is 2.04. The number of nitro groups is 1. The summed E-state index contributed by atoms with van der Waals surface area (Å²) in [6.45, 7) is 4.66. The van der Waals surface area contributed by atoms with Crippen LogP contribution in [0.25, 0.3) is 0 Å². The zero-order valence-electron chi connectivity index (χ0n) is 14.7. The van der Waals surface area contributed by atoms with Crippen molar-refractivity contribution in [3.8, 4) is 5.75 Å². The van der Waals surface area contributed by atoms with Gasteiger partial charge in [0.05, 0.1) is 23.3 Å². The molecule has 0 bridgehead atoms. The number of nitro benzene ring substituents is 1. The molecule has 6 nitrogen and oxygen atoms in total. The Labute approximate surface area is 153 Å². The molecule has 0 amide bonds. The predicted molar refractivity (Wildman–Crippen MR) is 96.1 cm³/mol. The van der Waals surface area contributed by atoms with Crippen molar-refractivity contribution in [3.05, 3.63) is 63.7 Å². The van der Waals surface area contributed by atoms with Crippen molar-refractivity contribution in [2.45, 2.75) is 20.0 Å². The summed E-state index contributed by atoms with van der Waals surface area (Å²) in [4.78, 5) is 10.1. The van der Waals surface area contributed by atoms with Crippen molar-refractivity contribution in [2.75, 3.05) is 12.0 Å². The molecule has 2 rings (SSSR count). The standard InChI is InChI=1S/C18H18F3N3O3/c1-12(2)11-27-15-6-3-13(4-7-15)10-22-23-16-8-5-14(18(19,20)21)9-17(16)24(25)26/h3-10,12,23H,11H2,1-2H3/b22-10-. The molecule has 1 N–H and O–H groups in total. The topological polar surface area (TPSA) is 76.8 Å². The Morgan fingerprint density at radius 3 is 2.44 bits per heavy atom. The van der Waals surface area contributed by atoms with Crippen LogP contribution in [0, 0.1) is 16.0 Å². The van der Waals surface area contributed by atoms with Crippen molar-refractivity contribution in [2.24, 2.45) is 11.0 Å². The second-order valence-electron chi connectivity index (χ2n) is 6.13. The van der Waals surface area contributed by atoms with Gasteiger partial charge in [-0.25, -0.2) is 0 Å². The molecule has 0 aliphatic rings. The van der Waals surface area contributed by atoms with Gasteiger partial charge >= 0.3 is 6.18 Å². The lowest BCUT2D eigenvalue weighted by molar-refractivity contribution is -0.384. The van der Waals surface area contributed by atoms with Gasteiger partial charge in [-0.3, -0.25) is 15.5 Å². The van der Waals surface area contributed by atoms with Crippen LogP contribution < -0.4 is 10.2 Å². The molecule has 0 atom stereocenters. The van der Waals surface area contributed by atoms with Crippen LogP contribution in [0.15, 0.2) is 47.6 Å². The van der Waals surface area contributed by atoms with E-state index in [2.05, 4.69) is 10.5 Å². The molecule has 0 heterocycles. The first-order chi connectivity index (χ1) is 12.7. The fraction of sp³-hybridized carbons (Fsp3) is 0.278. The lowest BCUT2D eigenvalue weighted by Gasteiger charge is -2.09. The largest absolute Gasteiger partial charge is 0.493 e. The molecule has 0 aliphatic carbocycles. The van der Waals surface area contributed by atoms with Gasteiger partial charge in [0.1, 0.15) is 11.4 Å². The van der Waals surface area contributed by atoms with E-state index in [1.165, 1.54) is 6.21 Å². The molecule has 27 heavy (non-hydrogen) atoms. The minimum Gasteiger partial charge on any atom is -0.493 e. The van der Waals surface area contributed by atoms with E-state index >= 15 is 0 Å². The second kappa shape index (κ2) is 8.52.